The van der Waals surface area contributed by atoms with E-state index in [0.29, 0.717) is 22.2 Å². The fourth-order valence-electron chi connectivity index (χ4n) is 3.12. The highest BCUT2D eigenvalue weighted by atomic mass is 35.5. The first kappa shape index (κ1) is 21.0. The van der Waals surface area contributed by atoms with Crippen molar-refractivity contribution in [2.45, 2.75) is 25.5 Å². The van der Waals surface area contributed by atoms with Crippen LogP contribution in [0.3, 0.4) is 0 Å². The van der Waals surface area contributed by atoms with Crippen LogP contribution in [-0.4, -0.2) is 24.1 Å². The quantitative estimate of drug-likeness (QED) is 0.590. The van der Waals surface area contributed by atoms with E-state index in [1.54, 1.807) is 0 Å². The fraction of sp³-hybridized carbons (Fsp3) is 0.227. The van der Waals surface area contributed by atoms with Gasteiger partial charge in [-0.15, -0.1) is 0 Å². The lowest BCUT2D eigenvalue weighted by atomic mass is 10.1. The molecule has 7 heteroatoms. The largest absolute Gasteiger partial charge is 0.354 e. The molecule has 1 aliphatic rings. The van der Waals surface area contributed by atoms with Gasteiger partial charge in [-0.3, -0.25) is 14.5 Å². The number of hydrogen-bond donors (Lipinski definition) is 1. The molecule has 1 atom stereocenters. The molecule has 1 heterocycles. The van der Waals surface area contributed by atoms with Crippen molar-refractivity contribution in [3.05, 3.63) is 74.8 Å². The van der Waals surface area contributed by atoms with Crippen LogP contribution in [0.1, 0.15) is 16.7 Å². The lowest BCUT2D eigenvalue weighted by Crippen LogP contribution is -2.31. The summed E-state index contributed by atoms with van der Waals surface area (Å²) >= 11 is 7.48. The minimum absolute atomic E-state index is 0.0708. The smallest absolute Gasteiger partial charge is 0.264 e. The van der Waals surface area contributed by atoms with Crippen LogP contribution in [0.15, 0.2) is 53.1 Å². The van der Waals surface area contributed by atoms with E-state index in [-0.39, 0.29) is 11.5 Å². The van der Waals surface area contributed by atoms with E-state index in [1.165, 1.54) is 23.7 Å². The van der Waals surface area contributed by atoms with Crippen LogP contribution in [0.25, 0.3) is 0 Å². The summed E-state index contributed by atoms with van der Waals surface area (Å²) in [6.45, 7) is 3.81. The molecular formula is C22H20ClN3O2S. The second-order valence-electron chi connectivity index (χ2n) is 6.73. The monoisotopic (exact) mass is 425 g/mol. The third kappa shape index (κ3) is 4.16. The van der Waals surface area contributed by atoms with Gasteiger partial charge in [-0.1, -0.05) is 53.7 Å². The molecule has 1 N–H and O–H groups in total. The normalized spacial score (nSPS) is 17.8. The maximum Gasteiger partial charge on any atom is 0.264 e. The summed E-state index contributed by atoms with van der Waals surface area (Å²) < 4.78 is 0. The second kappa shape index (κ2) is 8.73. The molecule has 2 aromatic carbocycles. The molecule has 1 fully saturated rings. The van der Waals surface area contributed by atoms with Crippen LogP contribution >= 0.6 is 23.4 Å². The molecule has 1 aliphatic heterocycles. The molecule has 3 rings (SSSR count). The van der Waals surface area contributed by atoms with Crippen molar-refractivity contribution >= 4 is 40.9 Å². The lowest BCUT2D eigenvalue weighted by Gasteiger charge is -2.20. The number of likely N-dealkylation sites (N-methyl/N-ethyl adjacent to an activating group) is 1. The molecule has 29 heavy (non-hydrogen) atoms. The maximum atomic E-state index is 13.4. The molecule has 0 bridgehead atoms. The lowest BCUT2D eigenvalue weighted by molar-refractivity contribution is -0.117. The van der Waals surface area contributed by atoms with Crippen LogP contribution < -0.4 is 10.2 Å². The Morgan fingerprint density at radius 3 is 2.59 bits per heavy atom. The van der Waals surface area contributed by atoms with Gasteiger partial charge >= 0.3 is 0 Å². The zero-order chi connectivity index (χ0) is 21.1. The van der Waals surface area contributed by atoms with Crippen LogP contribution in [-0.2, 0) is 16.0 Å². The summed E-state index contributed by atoms with van der Waals surface area (Å²) in [5, 5.41) is 12.6. The highest BCUT2D eigenvalue weighted by Gasteiger charge is 2.41. The number of benzene rings is 2. The Labute approximate surface area is 179 Å². The minimum Gasteiger partial charge on any atom is -0.354 e. The number of carbonyl (C=O) groups excluding carboxylic acids is 2. The summed E-state index contributed by atoms with van der Waals surface area (Å²) in [7, 11) is 1.46. The van der Waals surface area contributed by atoms with Crippen molar-refractivity contribution in [1.29, 1.82) is 5.26 Å². The number of amides is 2. The molecule has 0 spiro atoms. The van der Waals surface area contributed by atoms with Gasteiger partial charge < -0.3 is 5.32 Å². The Hall–Kier alpha value is -2.75. The van der Waals surface area contributed by atoms with Crippen LogP contribution in [0.4, 0.5) is 5.69 Å². The summed E-state index contributed by atoms with van der Waals surface area (Å²) in [5.74, 6) is -0.673. The average Bonchev–Trinajstić information content (AvgIpc) is 3.01. The van der Waals surface area contributed by atoms with Crippen molar-refractivity contribution in [3.8, 4) is 6.07 Å². The summed E-state index contributed by atoms with van der Waals surface area (Å²) in [5.41, 5.74) is 3.37. The summed E-state index contributed by atoms with van der Waals surface area (Å²) in [6, 6.07) is 15.1. The standard InChI is InChI=1S/C22H20ClN3O2S/c1-13-8-9-15(10-17(13)23)11-19-21(28)26(18-7-5-4-6-14(18)2)22(29-19)16(12-24)20(27)25-3/h4-10,19H,11H2,1-3H3,(H,25,27)/b22-16-/t19-/m0/s1. The number of anilines is 1. The molecule has 5 nitrogen and oxygen atoms in total. The Kier molecular flexibility index (Phi) is 6.31. The van der Waals surface area contributed by atoms with Gasteiger partial charge in [0.1, 0.15) is 16.7 Å². The molecule has 148 valence electrons. The SMILES string of the molecule is CNC(=O)/C(C#N)=C1\S[C@@H](Cc2ccc(C)c(Cl)c2)C(=O)N1c1ccccc1C. The maximum absolute atomic E-state index is 13.4. The molecular weight excluding hydrogens is 406 g/mol. The Bertz CT molecular complexity index is 1060. The molecule has 0 saturated carbocycles. The number of rotatable bonds is 4. The van der Waals surface area contributed by atoms with E-state index < -0.39 is 11.2 Å². The summed E-state index contributed by atoms with van der Waals surface area (Å²) in [6.07, 6.45) is 0.446. The number of nitriles is 1. The summed E-state index contributed by atoms with van der Waals surface area (Å²) in [4.78, 5) is 27.1. The fourth-order valence-corrected chi connectivity index (χ4v) is 4.63. The minimum atomic E-state index is -0.514. The number of nitrogens with one attached hydrogen (secondary N) is 1. The Balaban J connectivity index is 2.07. The molecule has 1 saturated heterocycles. The number of hydrogen-bond acceptors (Lipinski definition) is 4. The van der Waals surface area contributed by atoms with Gasteiger partial charge in [0, 0.05) is 12.1 Å². The van der Waals surface area contributed by atoms with Crippen molar-refractivity contribution in [2.75, 3.05) is 11.9 Å². The van der Waals surface area contributed by atoms with Crippen molar-refractivity contribution in [1.82, 2.24) is 5.32 Å². The Morgan fingerprint density at radius 2 is 1.97 bits per heavy atom. The van der Waals surface area contributed by atoms with Gasteiger partial charge in [-0.2, -0.15) is 5.26 Å². The number of halogens is 1. The van der Waals surface area contributed by atoms with Gasteiger partial charge in [0.25, 0.3) is 5.91 Å². The highest BCUT2D eigenvalue weighted by molar-refractivity contribution is 8.05. The van der Waals surface area contributed by atoms with E-state index in [9.17, 15) is 14.9 Å². The van der Waals surface area contributed by atoms with E-state index in [4.69, 9.17) is 11.6 Å². The average molecular weight is 426 g/mol. The zero-order valence-electron chi connectivity index (χ0n) is 16.3. The number of carbonyl (C=O) groups is 2. The van der Waals surface area contributed by atoms with E-state index in [0.717, 1.165) is 16.7 Å². The number of aryl methyl sites for hydroxylation is 2. The van der Waals surface area contributed by atoms with Crippen LogP contribution in [0, 0.1) is 25.2 Å². The number of thioether (sulfide) groups is 1. The van der Waals surface area contributed by atoms with E-state index in [1.807, 2.05) is 62.4 Å². The third-order valence-electron chi connectivity index (χ3n) is 4.75. The van der Waals surface area contributed by atoms with Gasteiger partial charge in [-0.05, 0) is 49.1 Å². The first-order chi connectivity index (χ1) is 13.9. The Morgan fingerprint density at radius 1 is 1.24 bits per heavy atom. The first-order valence-electron chi connectivity index (χ1n) is 9.05. The second-order valence-corrected chi connectivity index (χ2v) is 8.32. The predicted octanol–water partition coefficient (Wildman–Crippen LogP) is 4.13. The van der Waals surface area contributed by atoms with E-state index >= 15 is 0 Å². The molecule has 0 aromatic heterocycles. The molecule has 0 aliphatic carbocycles. The molecule has 2 aromatic rings. The van der Waals surface area contributed by atoms with Crippen molar-refractivity contribution in [2.24, 2.45) is 0 Å². The van der Waals surface area contributed by atoms with Gasteiger partial charge in [0.05, 0.1) is 10.9 Å². The predicted molar refractivity (Wildman–Crippen MR) is 117 cm³/mol. The highest BCUT2D eigenvalue weighted by Crippen LogP contribution is 2.43. The van der Waals surface area contributed by atoms with Crippen molar-refractivity contribution < 1.29 is 9.59 Å². The van der Waals surface area contributed by atoms with Crippen LogP contribution in [0.2, 0.25) is 5.02 Å². The number of nitrogens with zero attached hydrogens (tertiary/aromatic N) is 2. The van der Waals surface area contributed by atoms with Crippen molar-refractivity contribution in [3.63, 3.8) is 0 Å². The topological polar surface area (TPSA) is 73.2 Å². The van der Waals surface area contributed by atoms with Gasteiger partial charge in [0.15, 0.2) is 0 Å². The zero-order valence-corrected chi connectivity index (χ0v) is 17.9. The molecule has 2 amide bonds. The number of para-hydroxylation sites is 1. The molecule has 0 radical (unpaired) electrons. The first-order valence-corrected chi connectivity index (χ1v) is 10.3. The molecule has 0 unspecified atom stereocenters. The van der Waals surface area contributed by atoms with Gasteiger partial charge in [0.2, 0.25) is 5.91 Å². The van der Waals surface area contributed by atoms with E-state index in [2.05, 4.69) is 5.32 Å². The third-order valence-corrected chi connectivity index (χ3v) is 6.42. The van der Waals surface area contributed by atoms with Gasteiger partial charge in [-0.25, -0.2) is 0 Å². The van der Waals surface area contributed by atoms with Crippen LogP contribution in [0.5, 0.6) is 0 Å².